The van der Waals surface area contributed by atoms with E-state index in [1.54, 1.807) is 0 Å². The number of hydrogen-bond acceptors (Lipinski definition) is 3. The van der Waals surface area contributed by atoms with Crippen molar-refractivity contribution in [2.24, 2.45) is 5.92 Å². The molecule has 1 aromatic rings. The highest BCUT2D eigenvalue weighted by atomic mass is 32.2. The Morgan fingerprint density at radius 3 is 2.65 bits per heavy atom. The zero-order valence-corrected chi connectivity index (χ0v) is 14.6. The molecular formula is C16H25N3O3S. The molecule has 0 bridgehead atoms. The highest BCUT2D eigenvalue weighted by molar-refractivity contribution is 7.86. The third kappa shape index (κ3) is 4.76. The third-order valence-corrected chi connectivity index (χ3v) is 6.01. The quantitative estimate of drug-likeness (QED) is 0.836. The van der Waals surface area contributed by atoms with Gasteiger partial charge in [0.05, 0.1) is 5.92 Å². The van der Waals surface area contributed by atoms with Crippen LogP contribution in [-0.4, -0.2) is 56.7 Å². The highest BCUT2D eigenvalue weighted by Gasteiger charge is 2.33. The van der Waals surface area contributed by atoms with Crippen LogP contribution >= 0.6 is 0 Å². The number of nitrogens with zero attached hydrogens (tertiary/aromatic N) is 2. The lowest BCUT2D eigenvalue weighted by Crippen LogP contribution is -2.49. The first kappa shape index (κ1) is 17.9. The molecule has 2 rings (SSSR count). The Labute approximate surface area is 138 Å². The van der Waals surface area contributed by atoms with Gasteiger partial charge in [0, 0.05) is 33.7 Å². The molecule has 0 spiro atoms. The molecule has 0 aliphatic carbocycles. The van der Waals surface area contributed by atoms with E-state index in [1.165, 1.54) is 28.3 Å². The molecule has 0 unspecified atom stereocenters. The molecule has 7 heteroatoms. The molecular weight excluding hydrogens is 314 g/mol. The van der Waals surface area contributed by atoms with E-state index in [1.807, 2.05) is 30.3 Å². The smallest absolute Gasteiger partial charge is 0.281 e. The first-order valence-electron chi connectivity index (χ1n) is 7.90. The molecule has 0 saturated carbocycles. The Bertz CT molecular complexity index is 617. The summed E-state index contributed by atoms with van der Waals surface area (Å²) < 4.78 is 26.9. The van der Waals surface area contributed by atoms with Gasteiger partial charge < -0.3 is 5.32 Å². The number of hydrogen-bond donors (Lipinski definition) is 1. The molecule has 1 N–H and O–H groups in total. The van der Waals surface area contributed by atoms with Crippen molar-refractivity contribution in [2.75, 3.05) is 33.7 Å². The van der Waals surface area contributed by atoms with Crippen LogP contribution in [0.2, 0.25) is 0 Å². The van der Waals surface area contributed by atoms with Gasteiger partial charge >= 0.3 is 0 Å². The fourth-order valence-electron chi connectivity index (χ4n) is 2.72. The van der Waals surface area contributed by atoms with Gasteiger partial charge in [-0.1, -0.05) is 30.3 Å². The fourth-order valence-corrected chi connectivity index (χ4v) is 3.91. The van der Waals surface area contributed by atoms with Crippen LogP contribution in [0.1, 0.15) is 18.4 Å². The molecule has 128 valence electrons. The Balaban J connectivity index is 1.85. The number of carbonyl (C=O) groups is 1. The lowest BCUT2D eigenvalue weighted by Gasteiger charge is -2.32. The normalized spacial score (nSPS) is 19.7. The minimum atomic E-state index is -3.44. The SMILES string of the molecule is CN(C)S(=O)(=O)N1CCC[C@H](C(=O)NCCc2ccccc2)C1. The average Bonchev–Trinajstić information content (AvgIpc) is 2.55. The average molecular weight is 339 g/mol. The van der Waals surface area contributed by atoms with Gasteiger partial charge in [-0.3, -0.25) is 4.79 Å². The van der Waals surface area contributed by atoms with E-state index in [2.05, 4.69) is 5.32 Å². The lowest BCUT2D eigenvalue weighted by molar-refractivity contribution is -0.126. The summed E-state index contributed by atoms with van der Waals surface area (Å²) in [5, 5.41) is 2.93. The van der Waals surface area contributed by atoms with Crippen molar-refractivity contribution in [3.05, 3.63) is 35.9 Å². The standard InChI is InChI=1S/C16H25N3O3S/c1-18(2)23(21,22)19-12-6-9-15(13-19)16(20)17-11-10-14-7-4-3-5-8-14/h3-5,7-8,15H,6,9-13H2,1-2H3,(H,17,20)/t15-/m0/s1. The van der Waals surface area contributed by atoms with Crippen LogP contribution in [0.25, 0.3) is 0 Å². The summed E-state index contributed by atoms with van der Waals surface area (Å²) in [5.74, 6) is -0.325. The molecule has 1 aromatic carbocycles. The van der Waals surface area contributed by atoms with E-state index in [9.17, 15) is 13.2 Å². The molecule has 1 heterocycles. The summed E-state index contributed by atoms with van der Waals surface area (Å²) in [4.78, 5) is 12.3. The zero-order chi connectivity index (χ0) is 16.9. The van der Waals surface area contributed by atoms with Gasteiger partial charge in [-0.25, -0.2) is 0 Å². The van der Waals surface area contributed by atoms with E-state index < -0.39 is 10.2 Å². The van der Waals surface area contributed by atoms with Crippen LogP contribution < -0.4 is 5.32 Å². The van der Waals surface area contributed by atoms with Gasteiger partial charge in [-0.15, -0.1) is 0 Å². The highest BCUT2D eigenvalue weighted by Crippen LogP contribution is 2.20. The molecule has 1 aliphatic heterocycles. The largest absolute Gasteiger partial charge is 0.355 e. The molecule has 0 radical (unpaired) electrons. The number of rotatable bonds is 6. The maximum Gasteiger partial charge on any atom is 0.281 e. The van der Waals surface area contributed by atoms with Crippen LogP contribution in [-0.2, 0) is 21.4 Å². The second-order valence-corrected chi connectivity index (χ2v) is 8.16. The van der Waals surface area contributed by atoms with Gasteiger partial charge in [-0.05, 0) is 24.8 Å². The topological polar surface area (TPSA) is 69.7 Å². The van der Waals surface area contributed by atoms with E-state index in [0.717, 1.165) is 12.8 Å². The third-order valence-electron chi connectivity index (χ3n) is 4.10. The second kappa shape index (κ2) is 7.90. The van der Waals surface area contributed by atoms with Crippen molar-refractivity contribution in [2.45, 2.75) is 19.3 Å². The predicted molar refractivity (Wildman–Crippen MR) is 90.1 cm³/mol. The lowest BCUT2D eigenvalue weighted by atomic mass is 9.99. The van der Waals surface area contributed by atoms with Gasteiger partial charge in [0.2, 0.25) is 5.91 Å². The van der Waals surface area contributed by atoms with E-state index in [4.69, 9.17) is 0 Å². The van der Waals surface area contributed by atoms with Crippen molar-refractivity contribution in [3.8, 4) is 0 Å². The fraction of sp³-hybridized carbons (Fsp3) is 0.562. The molecule has 1 fully saturated rings. The van der Waals surface area contributed by atoms with Crippen molar-refractivity contribution in [1.82, 2.24) is 13.9 Å². The minimum absolute atomic E-state index is 0.0559. The van der Waals surface area contributed by atoms with Crippen LogP contribution in [0.4, 0.5) is 0 Å². The molecule has 1 atom stereocenters. The summed E-state index contributed by atoms with van der Waals surface area (Å²) in [6, 6.07) is 9.96. The first-order chi connectivity index (χ1) is 10.9. The van der Waals surface area contributed by atoms with Crippen molar-refractivity contribution < 1.29 is 13.2 Å². The van der Waals surface area contributed by atoms with Crippen LogP contribution in [0.5, 0.6) is 0 Å². The minimum Gasteiger partial charge on any atom is -0.355 e. The first-order valence-corrected chi connectivity index (χ1v) is 9.30. The number of benzene rings is 1. The summed E-state index contributed by atoms with van der Waals surface area (Å²) in [6.45, 7) is 1.31. The second-order valence-electron chi connectivity index (χ2n) is 6.01. The Morgan fingerprint density at radius 1 is 1.30 bits per heavy atom. The zero-order valence-electron chi connectivity index (χ0n) is 13.7. The van der Waals surface area contributed by atoms with Crippen molar-refractivity contribution in [1.29, 1.82) is 0 Å². The Hall–Kier alpha value is -1.44. The van der Waals surface area contributed by atoms with Crippen LogP contribution in [0, 0.1) is 5.92 Å². The van der Waals surface area contributed by atoms with Crippen LogP contribution in [0.3, 0.4) is 0 Å². The summed E-state index contributed by atoms with van der Waals surface area (Å²) >= 11 is 0. The Morgan fingerprint density at radius 2 is 2.00 bits per heavy atom. The van der Waals surface area contributed by atoms with E-state index >= 15 is 0 Å². The molecule has 1 aliphatic rings. The molecule has 23 heavy (non-hydrogen) atoms. The number of amides is 1. The molecule has 1 saturated heterocycles. The number of piperidine rings is 1. The van der Waals surface area contributed by atoms with Crippen LogP contribution in [0.15, 0.2) is 30.3 Å². The Kier molecular flexibility index (Phi) is 6.15. The monoisotopic (exact) mass is 339 g/mol. The number of carbonyl (C=O) groups excluding carboxylic acids is 1. The molecule has 6 nitrogen and oxygen atoms in total. The summed E-state index contributed by atoms with van der Waals surface area (Å²) in [7, 11) is -0.418. The van der Waals surface area contributed by atoms with E-state index in [-0.39, 0.29) is 18.4 Å². The molecule has 0 aromatic heterocycles. The summed E-state index contributed by atoms with van der Waals surface area (Å²) in [6.07, 6.45) is 2.22. The van der Waals surface area contributed by atoms with Gasteiger partial charge in [-0.2, -0.15) is 17.0 Å². The van der Waals surface area contributed by atoms with Gasteiger partial charge in [0.15, 0.2) is 0 Å². The van der Waals surface area contributed by atoms with E-state index in [0.29, 0.717) is 19.5 Å². The predicted octanol–water partition coefficient (Wildman–Crippen LogP) is 0.864. The summed E-state index contributed by atoms with van der Waals surface area (Å²) in [5.41, 5.74) is 1.17. The maximum atomic E-state index is 12.3. The van der Waals surface area contributed by atoms with Gasteiger partial charge in [0.1, 0.15) is 0 Å². The van der Waals surface area contributed by atoms with Crippen molar-refractivity contribution >= 4 is 16.1 Å². The van der Waals surface area contributed by atoms with Gasteiger partial charge in [0.25, 0.3) is 10.2 Å². The molecule has 1 amide bonds. The maximum absolute atomic E-state index is 12.3. The van der Waals surface area contributed by atoms with Crippen molar-refractivity contribution in [3.63, 3.8) is 0 Å². The number of nitrogens with one attached hydrogen (secondary N) is 1.